The quantitative estimate of drug-likeness (QED) is 0.925. The third kappa shape index (κ3) is 4.76. The zero-order valence-corrected chi connectivity index (χ0v) is 12.4. The Balaban J connectivity index is 1.94. The van der Waals surface area contributed by atoms with Gasteiger partial charge in [-0.2, -0.15) is 13.2 Å². The molecule has 0 amide bonds. The van der Waals surface area contributed by atoms with E-state index in [9.17, 15) is 13.2 Å². The van der Waals surface area contributed by atoms with Gasteiger partial charge < -0.3 is 10.6 Å². The molecule has 0 aromatic heterocycles. The zero-order valence-electron chi connectivity index (χ0n) is 11.7. The molecule has 0 atom stereocenters. The molecular weight excluding hydrogens is 303 g/mol. The fourth-order valence-electron chi connectivity index (χ4n) is 2.51. The number of piperazine rings is 1. The maximum absolute atomic E-state index is 12.3. The lowest BCUT2D eigenvalue weighted by Gasteiger charge is -2.36. The standard InChI is InChI=1S/C14H19ClF3N3/c15-13-9-12(2-1-11(13)3-4-19)21-7-5-20(6-8-21)10-14(16,17)18/h1-2,9H,3-8,10,19H2. The summed E-state index contributed by atoms with van der Waals surface area (Å²) in [5.74, 6) is 0. The van der Waals surface area contributed by atoms with Gasteiger partial charge in [0.1, 0.15) is 0 Å². The summed E-state index contributed by atoms with van der Waals surface area (Å²) in [4.78, 5) is 3.49. The van der Waals surface area contributed by atoms with E-state index in [0.717, 1.165) is 17.7 Å². The van der Waals surface area contributed by atoms with E-state index >= 15 is 0 Å². The average Bonchev–Trinajstić information content (AvgIpc) is 2.40. The number of benzene rings is 1. The van der Waals surface area contributed by atoms with Crippen LogP contribution in [0.25, 0.3) is 0 Å². The van der Waals surface area contributed by atoms with Crippen LogP contribution in [0.3, 0.4) is 0 Å². The maximum Gasteiger partial charge on any atom is 0.401 e. The topological polar surface area (TPSA) is 32.5 Å². The van der Waals surface area contributed by atoms with Crippen LogP contribution >= 0.6 is 11.6 Å². The minimum Gasteiger partial charge on any atom is -0.369 e. The number of alkyl halides is 3. The first-order chi connectivity index (χ1) is 9.89. The van der Waals surface area contributed by atoms with Crippen molar-refractivity contribution in [1.29, 1.82) is 0 Å². The Morgan fingerprint density at radius 3 is 2.33 bits per heavy atom. The molecule has 1 aromatic carbocycles. The lowest BCUT2D eigenvalue weighted by Crippen LogP contribution is -2.49. The van der Waals surface area contributed by atoms with Crippen molar-refractivity contribution in [3.8, 4) is 0 Å². The van der Waals surface area contributed by atoms with Crippen molar-refractivity contribution in [2.24, 2.45) is 5.73 Å². The lowest BCUT2D eigenvalue weighted by atomic mass is 10.1. The molecule has 3 nitrogen and oxygen atoms in total. The number of rotatable bonds is 4. The molecule has 1 aromatic rings. The predicted molar refractivity (Wildman–Crippen MR) is 78.9 cm³/mol. The summed E-state index contributed by atoms with van der Waals surface area (Å²) in [5.41, 5.74) is 7.46. The molecule has 7 heteroatoms. The molecule has 0 bridgehead atoms. The SMILES string of the molecule is NCCc1ccc(N2CCN(CC(F)(F)F)CC2)cc1Cl. The van der Waals surface area contributed by atoms with Crippen molar-refractivity contribution in [2.75, 3.05) is 44.2 Å². The number of hydrogen-bond donors (Lipinski definition) is 1. The second-order valence-corrected chi connectivity index (χ2v) is 5.60. The number of anilines is 1. The van der Waals surface area contributed by atoms with E-state index in [-0.39, 0.29) is 0 Å². The van der Waals surface area contributed by atoms with Crippen molar-refractivity contribution >= 4 is 17.3 Å². The monoisotopic (exact) mass is 321 g/mol. The molecule has 0 radical (unpaired) electrons. The fraction of sp³-hybridized carbons (Fsp3) is 0.571. The largest absolute Gasteiger partial charge is 0.401 e. The van der Waals surface area contributed by atoms with E-state index in [4.69, 9.17) is 17.3 Å². The fourth-order valence-corrected chi connectivity index (χ4v) is 2.78. The summed E-state index contributed by atoms with van der Waals surface area (Å²) >= 11 is 6.20. The summed E-state index contributed by atoms with van der Waals surface area (Å²) < 4.78 is 37.0. The number of nitrogens with zero attached hydrogens (tertiary/aromatic N) is 2. The molecule has 0 aliphatic carbocycles. The van der Waals surface area contributed by atoms with E-state index < -0.39 is 12.7 Å². The van der Waals surface area contributed by atoms with Crippen molar-refractivity contribution in [3.05, 3.63) is 28.8 Å². The second kappa shape index (κ2) is 6.85. The molecule has 1 fully saturated rings. The first-order valence-corrected chi connectivity index (χ1v) is 7.29. The Bertz CT molecular complexity index is 471. The highest BCUT2D eigenvalue weighted by molar-refractivity contribution is 6.31. The summed E-state index contributed by atoms with van der Waals surface area (Å²) in [6.45, 7) is 1.65. The average molecular weight is 322 g/mol. The van der Waals surface area contributed by atoms with Gasteiger partial charge in [0, 0.05) is 36.9 Å². The number of hydrogen-bond acceptors (Lipinski definition) is 3. The summed E-state index contributed by atoms with van der Waals surface area (Å²) in [6, 6.07) is 5.76. The van der Waals surface area contributed by atoms with E-state index in [0.29, 0.717) is 37.7 Å². The van der Waals surface area contributed by atoms with Crippen LogP contribution in [0, 0.1) is 0 Å². The molecule has 0 unspecified atom stereocenters. The van der Waals surface area contributed by atoms with E-state index in [1.807, 2.05) is 18.2 Å². The summed E-state index contributed by atoms with van der Waals surface area (Å²) in [6.07, 6.45) is -3.41. The van der Waals surface area contributed by atoms with Crippen molar-refractivity contribution in [3.63, 3.8) is 0 Å². The van der Waals surface area contributed by atoms with Crippen LogP contribution in [0.4, 0.5) is 18.9 Å². The predicted octanol–water partition coefficient (Wildman–Crippen LogP) is 2.53. The van der Waals surface area contributed by atoms with Gasteiger partial charge in [0.05, 0.1) is 6.54 Å². The van der Waals surface area contributed by atoms with Gasteiger partial charge in [0.15, 0.2) is 0 Å². The van der Waals surface area contributed by atoms with Gasteiger partial charge >= 0.3 is 6.18 Å². The van der Waals surface area contributed by atoms with E-state index in [2.05, 4.69) is 4.90 Å². The molecule has 1 aliphatic rings. The Kier molecular flexibility index (Phi) is 5.35. The molecule has 1 aliphatic heterocycles. The van der Waals surface area contributed by atoms with Gasteiger partial charge in [-0.1, -0.05) is 17.7 Å². The van der Waals surface area contributed by atoms with Crippen molar-refractivity contribution < 1.29 is 13.2 Å². The highest BCUT2D eigenvalue weighted by atomic mass is 35.5. The Labute approximate surface area is 127 Å². The van der Waals surface area contributed by atoms with Gasteiger partial charge in [-0.05, 0) is 30.7 Å². The molecule has 0 saturated carbocycles. The number of nitrogens with two attached hydrogens (primary N) is 1. The molecular formula is C14H19ClF3N3. The lowest BCUT2D eigenvalue weighted by molar-refractivity contribution is -0.146. The Morgan fingerprint density at radius 2 is 1.81 bits per heavy atom. The van der Waals surface area contributed by atoms with Gasteiger partial charge in [0.25, 0.3) is 0 Å². The smallest absolute Gasteiger partial charge is 0.369 e. The van der Waals surface area contributed by atoms with Crippen LogP contribution < -0.4 is 10.6 Å². The van der Waals surface area contributed by atoms with Gasteiger partial charge in [-0.3, -0.25) is 4.90 Å². The second-order valence-electron chi connectivity index (χ2n) is 5.19. The molecule has 0 spiro atoms. The van der Waals surface area contributed by atoms with Gasteiger partial charge in [-0.25, -0.2) is 0 Å². The molecule has 21 heavy (non-hydrogen) atoms. The van der Waals surface area contributed by atoms with Crippen LogP contribution in [-0.4, -0.2) is 50.3 Å². The number of halogens is 4. The molecule has 118 valence electrons. The van der Waals surface area contributed by atoms with E-state index in [1.54, 1.807) is 0 Å². The molecule has 2 N–H and O–H groups in total. The highest BCUT2D eigenvalue weighted by Crippen LogP contribution is 2.25. The van der Waals surface area contributed by atoms with Crippen LogP contribution in [0.1, 0.15) is 5.56 Å². The van der Waals surface area contributed by atoms with Gasteiger partial charge in [-0.15, -0.1) is 0 Å². The van der Waals surface area contributed by atoms with Crippen molar-refractivity contribution in [2.45, 2.75) is 12.6 Å². The minimum absolute atomic E-state index is 0.404. The van der Waals surface area contributed by atoms with Crippen LogP contribution in [0.15, 0.2) is 18.2 Å². The third-order valence-electron chi connectivity index (χ3n) is 3.59. The molecule has 1 saturated heterocycles. The Morgan fingerprint density at radius 1 is 1.14 bits per heavy atom. The van der Waals surface area contributed by atoms with Crippen molar-refractivity contribution in [1.82, 2.24) is 4.90 Å². The summed E-state index contributed by atoms with van der Waals surface area (Å²) in [5, 5.41) is 0.663. The molecule has 1 heterocycles. The molecule has 2 rings (SSSR count). The summed E-state index contributed by atoms with van der Waals surface area (Å²) in [7, 11) is 0. The first kappa shape index (κ1) is 16.4. The third-order valence-corrected chi connectivity index (χ3v) is 3.94. The Hall–Kier alpha value is -0.980. The van der Waals surface area contributed by atoms with E-state index in [1.165, 1.54) is 4.90 Å². The first-order valence-electron chi connectivity index (χ1n) is 6.91. The zero-order chi connectivity index (χ0) is 15.5. The van der Waals surface area contributed by atoms with Crippen LogP contribution in [0.5, 0.6) is 0 Å². The van der Waals surface area contributed by atoms with Gasteiger partial charge in [0.2, 0.25) is 0 Å². The highest BCUT2D eigenvalue weighted by Gasteiger charge is 2.32. The van der Waals surface area contributed by atoms with Crippen LogP contribution in [-0.2, 0) is 6.42 Å². The minimum atomic E-state index is -4.13. The normalized spacial score (nSPS) is 17.3. The van der Waals surface area contributed by atoms with Crippen LogP contribution in [0.2, 0.25) is 5.02 Å². The maximum atomic E-state index is 12.3.